The summed E-state index contributed by atoms with van der Waals surface area (Å²) in [5.74, 6) is -0.712. The summed E-state index contributed by atoms with van der Waals surface area (Å²) in [7, 11) is 0. The molecule has 1 aliphatic carbocycles. The zero-order valence-electron chi connectivity index (χ0n) is 22.6. The van der Waals surface area contributed by atoms with Gasteiger partial charge >= 0.3 is 0 Å². The van der Waals surface area contributed by atoms with Gasteiger partial charge in [-0.3, -0.25) is 14.4 Å². The Morgan fingerprint density at radius 3 is 2.67 bits per heavy atom. The fourth-order valence-electron chi connectivity index (χ4n) is 6.51. The summed E-state index contributed by atoms with van der Waals surface area (Å²) in [6, 6.07) is 13.9. The Bertz CT molecular complexity index is 1470. The van der Waals surface area contributed by atoms with Crippen LogP contribution in [0.3, 0.4) is 0 Å². The molecule has 7 nitrogen and oxygen atoms in total. The van der Waals surface area contributed by atoms with Gasteiger partial charge in [0, 0.05) is 35.1 Å². The van der Waals surface area contributed by atoms with Crippen molar-refractivity contribution in [1.29, 1.82) is 0 Å². The second-order valence-corrected chi connectivity index (χ2v) is 11.4. The topological polar surface area (TPSA) is 94.3 Å². The normalized spacial score (nSPS) is 20.7. The lowest BCUT2D eigenvalue weighted by atomic mass is 9.89. The number of nitrogens with zero attached hydrogens (tertiary/aromatic N) is 1. The van der Waals surface area contributed by atoms with E-state index in [1.165, 1.54) is 18.4 Å². The molecule has 3 aliphatic rings. The molecule has 0 saturated carbocycles. The van der Waals surface area contributed by atoms with Crippen LogP contribution in [0.5, 0.6) is 0 Å². The first-order valence-electron chi connectivity index (χ1n) is 14.2. The van der Waals surface area contributed by atoms with Crippen LogP contribution in [0.15, 0.2) is 60.2 Å². The lowest BCUT2D eigenvalue weighted by molar-refractivity contribution is -0.132. The maximum absolute atomic E-state index is 13.9. The van der Waals surface area contributed by atoms with Gasteiger partial charge in [0.25, 0.3) is 5.91 Å². The predicted molar refractivity (Wildman–Crippen MR) is 151 cm³/mol. The van der Waals surface area contributed by atoms with Crippen molar-refractivity contribution in [2.24, 2.45) is 5.92 Å². The highest BCUT2D eigenvalue weighted by Crippen LogP contribution is 2.46. The number of H-pyrrole nitrogens is 1. The van der Waals surface area contributed by atoms with Gasteiger partial charge in [-0.25, -0.2) is 0 Å². The maximum atomic E-state index is 13.9. The number of hydrogen-bond donors (Lipinski definition) is 3. The number of aromatic nitrogens is 1. The number of fused-ring (bicyclic) bond motifs is 7. The second-order valence-electron chi connectivity index (χ2n) is 11.4. The van der Waals surface area contributed by atoms with E-state index in [1.54, 1.807) is 4.90 Å². The van der Waals surface area contributed by atoms with Crippen molar-refractivity contribution in [2.75, 3.05) is 6.54 Å². The first kappa shape index (κ1) is 25.4. The van der Waals surface area contributed by atoms with Gasteiger partial charge < -0.3 is 20.5 Å². The Kier molecular flexibility index (Phi) is 6.75. The van der Waals surface area contributed by atoms with Crippen LogP contribution >= 0.6 is 0 Å². The lowest BCUT2D eigenvalue weighted by Gasteiger charge is -2.38. The highest BCUT2D eigenvalue weighted by Gasteiger charge is 2.49. The van der Waals surface area contributed by atoms with Gasteiger partial charge in [-0.1, -0.05) is 61.9 Å². The fraction of sp³-hybridized carbons (Fsp3) is 0.406. The molecule has 0 spiro atoms. The minimum absolute atomic E-state index is 0.0997. The first-order chi connectivity index (χ1) is 18.9. The Morgan fingerprint density at radius 1 is 1.08 bits per heavy atom. The number of amides is 3. The number of rotatable bonds is 7. The Morgan fingerprint density at radius 2 is 1.87 bits per heavy atom. The third-order valence-corrected chi connectivity index (χ3v) is 8.53. The van der Waals surface area contributed by atoms with Crippen LogP contribution in [0.1, 0.15) is 79.2 Å². The molecule has 1 aromatic heterocycles. The van der Waals surface area contributed by atoms with Gasteiger partial charge in [-0.2, -0.15) is 0 Å². The third-order valence-electron chi connectivity index (χ3n) is 8.53. The van der Waals surface area contributed by atoms with Crippen molar-refractivity contribution in [1.82, 2.24) is 20.5 Å². The molecule has 202 valence electrons. The van der Waals surface area contributed by atoms with E-state index < -0.39 is 12.1 Å². The number of carbonyl (C=O) groups is 3. The Hall–Kier alpha value is -3.87. The highest BCUT2D eigenvalue weighted by atomic mass is 16.2. The highest BCUT2D eigenvalue weighted by molar-refractivity contribution is 6.04. The van der Waals surface area contributed by atoms with E-state index in [-0.39, 0.29) is 29.7 Å². The number of nitrogens with one attached hydrogen (secondary N) is 3. The van der Waals surface area contributed by atoms with Crippen LogP contribution in [-0.4, -0.2) is 46.2 Å². The number of carbonyl (C=O) groups excluding carboxylic acids is 3. The Labute approximate surface area is 229 Å². The smallest absolute Gasteiger partial charge is 0.255 e. The van der Waals surface area contributed by atoms with E-state index in [2.05, 4.69) is 27.8 Å². The van der Waals surface area contributed by atoms with Crippen molar-refractivity contribution < 1.29 is 14.4 Å². The molecule has 3 amide bonds. The predicted octanol–water partition coefficient (Wildman–Crippen LogP) is 4.79. The molecular formula is C32H36N4O3. The van der Waals surface area contributed by atoms with E-state index in [4.69, 9.17) is 0 Å². The van der Waals surface area contributed by atoms with Crippen molar-refractivity contribution in [3.8, 4) is 0 Å². The lowest BCUT2D eigenvalue weighted by Crippen LogP contribution is -2.57. The molecule has 3 aromatic rings. The van der Waals surface area contributed by atoms with Gasteiger partial charge in [0.15, 0.2) is 0 Å². The van der Waals surface area contributed by atoms with E-state index in [1.807, 2.05) is 56.3 Å². The maximum Gasteiger partial charge on any atom is 0.255 e. The van der Waals surface area contributed by atoms with E-state index >= 15 is 0 Å². The number of para-hydroxylation sites is 1. The first-order valence-corrected chi connectivity index (χ1v) is 14.2. The van der Waals surface area contributed by atoms with Crippen LogP contribution in [0.2, 0.25) is 0 Å². The average molecular weight is 525 g/mol. The molecule has 2 aromatic carbocycles. The van der Waals surface area contributed by atoms with E-state index in [0.717, 1.165) is 47.0 Å². The summed E-state index contributed by atoms with van der Waals surface area (Å²) in [6.45, 7) is 4.44. The van der Waals surface area contributed by atoms with E-state index in [9.17, 15) is 14.4 Å². The summed E-state index contributed by atoms with van der Waals surface area (Å²) in [6.07, 6.45) is 8.20. The molecule has 1 unspecified atom stereocenters. The molecule has 3 N–H and O–H groups in total. The fourth-order valence-corrected chi connectivity index (χ4v) is 6.51. The van der Waals surface area contributed by atoms with Crippen molar-refractivity contribution >= 4 is 28.6 Å². The quantitative estimate of drug-likeness (QED) is 0.388. The number of allylic oxidation sites excluding steroid dienone is 1. The monoisotopic (exact) mass is 524 g/mol. The largest absolute Gasteiger partial charge is 0.356 e. The van der Waals surface area contributed by atoms with Crippen LogP contribution in [0, 0.1) is 5.92 Å². The van der Waals surface area contributed by atoms with Crippen molar-refractivity contribution in [3.63, 3.8) is 0 Å². The molecule has 39 heavy (non-hydrogen) atoms. The van der Waals surface area contributed by atoms with Gasteiger partial charge in [0.05, 0.1) is 6.04 Å². The summed E-state index contributed by atoms with van der Waals surface area (Å²) < 4.78 is 0. The number of hydrogen-bond acceptors (Lipinski definition) is 3. The van der Waals surface area contributed by atoms with Crippen molar-refractivity contribution in [3.05, 3.63) is 82.6 Å². The van der Waals surface area contributed by atoms with Crippen LogP contribution in [-0.2, 0) is 16.0 Å². The molecule has 3 atom stereocenters. The van der Waals surface area contributed by atoms with Gasteiger partial charge in [0.2, 0.25) is 11.8 Å². The molecule has 0 saturated heterocycles. The average Bonchev–Trinajstić information content (AvgIpc) is 3.47. The number of benzene rings is 2. The summed E-state index contributed by atoms with van der Waals surface area (Å²) in [5, 5.41) is 7.15. The van der Waals surface area contributed by atoms with E-state index in [0.29, 0.717) is 18.5 Å². The summed E-state index contributed by atoms with van der Waals surface area (Å²) in [5.41, 5.74) is 5.95. The molecule has 3 heterocycles. The van der Waals surface area contributed by atoms with Gasteiger partial charge in [-0.05, 0) is 61.3 Å². The zero-order valence-corrected chi connectivity index (χ0v) is 22.6. The van der Waals surface area contributed by atoms with Gasteiger partial charge in [-0.15, -0.1) is 0 Å². The van der Waals surface area contributed by atoms with Crippen LogP contribution < -0.4 is 10.6 Å². The molecule has 6 rings (SSSR count). The SMILES string of the molecule is CC(C)[C@H](NC(=O)[C@@H]1Cc2c([nH]c3ccccc23)C2c3ccccc3C(=O)N21)C(=O)NCCC1=CCCCC1. The minimum atomic E-state index is -0.719. The van der Waals surface area contributed by atoms with Crippen LogP contribution in [0.4, 0.5) is 0 Å². The standard InChI is InChI=1S/C32H36N4O3/c1-19(2)27(31(38)33-17-16-20-10-4-3-5-11-20)35-30(37)26-18-24-21-12-8-9-15-25(21)34-28(24)29-22-13-6-7-14-23(22)32(39)36(26)29/h6-10,12-15,19,26-27,29,34H,3-5,11,16-18H2,1-2H3,(H,33,38)(H,35,37)/t26-,27-,29?/m0/s1. The van der Waals surface area contributed by atoms with Gasteiger partial charge in [0.1, 0.15) is 12.1 Å². The van der Waals surface area contributed by atoms with Crippen molar-refractivity contribution in [2.45, 2.75) is 70.5 Å². The molecule has 0 bridgehead atoms. The summed E-state index contributed by atoms with van der Waals surface area (Å²) >= 11 is 0. The molecule has 2 aliphatic heterocycles. The third kappa shape index (κ3) is 4.54. The molecular weight excluding hydrogens is 488 g/mol. The number of aromatic amines is 1. The summed E-state index contributed by atoms with van der Waals surface area (Å²) in [4.78, 5) is 46.1. The van der Waals surface area contributed by atoms with Crippen LogP contribution in [0.25, 0.3) is 10.9 Å². The molecule has 0 radical (unpaired) electrons. The second kappa shape index (κ2) is 10.4. The Balaban J connectivity index is 1.26. The molecule has 0 fully saturated rings. The zero-order chi connectivity index (χ0) is 27.1. The molecule has 7 heteroatoms. The minimum Gasteiger partial charge on any atom is -0.356 e.